The molecule has 1 aliphatic rings. The van der Waals surface area contributed by atoms with Gasteiger partial charge in [-0.3, -0.25) is 14.6 Å². The molecule has 1 aromatic heterocycles. The van der Waals surface area contributed by atoms with Gasteiger partial charge in [-0.15, -0.1) is 0 Å². The number of carbonyl (C=O) groups excluding carboxylic acids is 2. The molecular weight excluding hydrogens is 282 g/mol. The van der Waals surface area contributed by atoms with Gasteiger partial charge in [0.05, 0.1) is 12.1 Å². The molecule has 1 aliphatic heterocycles. The largest absolute Gasteiger partial charge is 0.482 e. The van der Waals surface area contributed by atoms with Gasteiger partial charge in [-0.2, -0.15) is 0 Å². The first-order valence-corrected chi connectivity index (χ1v) is 6.93. The Bertz CT molecular complexity index is 701. The molecule has 0 radical (unpaired) electrons. The van der Waals surface area contributed by atoms with E-state index in [1.807, 2.05) is 24.3 Å². The van der Waals surface area contributed by atoms with Gasteiger partial charge in [0.15, 0.2) is 6.61 Å². The quantitative estimate of drug-likeness (QED) is 0.890. The highest BCUT2D eigenvalue weighted by atomic mass is 16.5. The van der Waals surface area contributed by atoms with Crippen LogP contribution in [0.15, 0.2) is 42.6 Å². The second-order valence-corrected chi connectivity index (χ2v) is 4.94. The van der Waals surface area contributed by atoms with Crippen molar-refractivity contribution in [2.24, 2.45) is 0 Å². The molecule has 6 heteroatoms. The molecule has 6 nitrogen and oxygen atoms in total. The number of rotatable bonds is 4. The molecule has 2 N–H and O–H groups in total. The number of nitrogens with zero attached hydrogens (tertiary/aromatic N) is 1. The highest BCUT2D eigenvalue weighted by molar-refractivity contribution is 5.95. The number of pyridine rings is 1. The minimum Gasteiger partial charge on any atom is -0.482 e. The van der Waals surface area contributed by atoms with E-state index >= 15 is 0 Å². The van der Waals surface area contributed by atoms with E-state index in [0.29, 0.717) is 18.0 Å². The van der Waals surface area contributed by atoms with Crippen molar-refractivity contribution in [1.29, 1.82) is 0 Å². The van der Waals surface area contributed by atoms with E-state index in [0.717, 1.165) is 11.3 Å². The summed E-state index contributed by atoms with van der Waals surface area (Å²) in [5, 5.41) is 5.57. The highest BCUT2D eigenvalue weighted by Crippen LogP contribution is 2.28. The van der Waals surface area contributed by atoms with Gasteiger partial charge in [-0.1, -0.05) is 12.1 Å². The van der Waals surface area contributed by atoms with Crippen molar-refractivity contribution in [3.63, 3.8) is 0 Å². The Morgan fingerprint density at radius 3 is 3.05 bits per heavy atom. The molecular formula is C16H15N3O3. The number of nitrogens with one attached hydrogen (secondary N) is 2. The first kappa shape index (κ1) is 14.1. The maximum Gasteiger partial charge on any atom is 0.262 e. The van der Waals surface area contributed by atoms with Crippen LogP contribution in [0.2, 0.25) is 0 Å². The maximum atomic E-state index is 11.9. The fraction of sp³-hybridized carbons (Fsp3) is 0.188. The molecule has 22 heavy (non-hydrogen) atoms. The van der Waals surface area contributed by atoms with E-state index in [4.69, 9.17) is 4.74 Å². The number of carbonyl (C=O) groups is 2. The van der Waals surface area contributed by atoms with Crippen LogP contribution in [0.25, 0.3) is 0 Å². The fourth-order valence-electron chi connectivity index (χ4n) is 2.17. The van der Waals surface area contributed by atoms with Gasteiger partial charge in [-0.25, -0.2) is 0 Å². The Hall–Kier alpha value is -2.89. The minimum atomic E-state index is -0.177. The van der Waals surface area contributed by atoms with Gasteiger partial charge in [0.1, 0.15) is 5.75 Å². The monoisotopic (exact) mass is 297 g/mol. The van der Waals surface area contributed by atoms with Crippen molar-refractivity contribution in [2.45, 2.75) is 13.0 Å². The number of anilines is 1. The molecule has 0 aliphatic carbocycles. The van der Waals surface area contributed by atoms with Crippen molar-refractivity contribution in [2.75, 3.05) is 11.9 Å². The first-order chi connectivity index (χ1) is 10.7. The van der Waals surface area contributed by atoms with Crippen LogP contribution in [0.3, 0.4) is 0 Å². The summed E-state index contributed by atoms with van der Waals surface area (Å²) in [6.45, 7) is 0.419. The summed E-state index contributed by atoms with van der Waals surface area (Å²) in [7, 11) is 0. The lowest BCUT2D eigenvalue weighted by Gasteiger charge is -2.18. The fourth-order valence-corrected chi connectivity index (χ4v) is 2.17. The van der Waals surface area contributed by atoms with Gasteiger partial charge < -0.3 is 15.4 Å². The number of hydrogen-bond acceptors (Lipinski definition) is 4. The van der Waals surface area contributed by atoms with Crippen LogP contribution in [0, 0.1) is 0 Å². The number of hydrogen-bond donors (Lipinski definition) is 2. The van der Waals surface area contributed by atoms with Crippen LogP contribution >= 0.6 is 0 Å². The predicted octanol–water partition coefficient (Wildman–Crippen LogP) is 1.27. The normalized spacial score (nSPS) is 12.8. The molecule has 2 amide bonds. The van der Waals surface area contributed by atoms with Gasteiger partial charge in [0.25, 0.3) is 5.91 Å². The maximum absolute atomic E-state index is 11.9. The molecule has 0 bridgehead atoms. The molecule has 2 heterocycles. The topological polar surface area (TPSA) is 80.3 Å². The minimum absolute atomic E-state index is 0.0349. The van der Waals surface area contributed by atoms with Crippen LogP contribution < -0.4 is 15.4 Å². The first-order valence-electron chi connectivity index (χ1n) is 6.93. The smallest absolute Gasteiger partial charge is 0.262 e. The summed E-state index contributed by atoms with van der Waals surface area (Å²) in [6, 6.07) is 10.9. The summed E-state index contributed by atoms with van der Waals surface area (Å²) in [4.78, 5) is 27.3. The Kier molecular flexibility index (Phi) is 4.00. The lowest BCUT2D eigenvalue weighted by atomic mass is 10.1. The number of fused-ring (bicyclic) bond motifs is 1. The van der Waals surface area contributed by atoms with Crippen molar-refractivity contribution >= 4 is 17.5 Å². The molecule has 3 rings (SSSR count). The molecule has 1 aromatic carbocycles. The second kappa shape index (κ2) is 6.26. The van der Waals surface area contributed by atoms with Crippen molar-refractivity contribution < 1.29 is 14.3 Å². The molecule has 0 unspecified atom stereocenters. The van der Waals surface area contributed by atoms with Gasteiger partial charge in [-0.05, 0) is 29.8 Å². The molecule has 112 valence electrons. The van der Waals surface area contributed by atoms with Crippen LogP contribution in [-0.4, -0.2) is 23.4 Å². The zero-order chi connectivity index (χ0) is 15.4. The second-order valence-electron chi connectivity index (χ2n) is 4.94. The Morgan fingerprint density at radius 2 is 2.23 bits per heavy atom. The van der Waals surface area contributed by atoms with E-state index in [1.165, 1.54) is 0 Å². The lowest BCUT2D eigenvalue weighted by Crippen LogP contribution is -2.26. The molecule has 2 aromatic rings. The summed E-state index contributed by atoms with van der Waals surface area (Å²) in [5.41, 5.74) is 2.25. The van der Waals surface area contributed by atoms with Crippen molar-refractivity contribution in [3.8, 4) is 5.75 Å². The number of ether oxygens (including phenoxy) is 1. The number of aromatic nitrogens is 1. The Morgan fingerprint density at radius 1 is 1.32 bits per heavy atom. The van der Waals surface area contributed by atoms with Crippen molar-refractivity contribution in [3.05, 3.63) is 53.9 Å². The van der Waals surface area contributed by atoms with Gasteiger partial charge in [0.2, 0.25) is 5.91 Å². The Labute approximate surface area is 127 Å². The lowest BCUT2D eigenvalue weighted by molar-refractivity contribution is -0.121. The summed E-state index contributed by atoms with van der Waals surface area (Å²) >= 11 is 0. The molecule has 0 saturated heterocycles. The van der Waals surface area contributed by atoms with E-state index in [2.05, 4.69) is 15.6 Å². The van der Waals surface area contributed by atoms with Crippen LogP contribution in [0.5, 0.6) is 5.75 Å². The third kappa shape index (κ3) is 3.41. The van der Waals surface area contributed by atoms with Crippen LogP contribution in [0.1, 0.15) is 11.3 Å². The standard InChI is InChI=1S/C16H15N3O3/c20-15(8-12-3-1-2-6-17-12)18-9-11-4-5-14-13(7-11)19-16(21)10-22-14/h1-7H,8-10H2,(H,18,20)(H,19,21). The van der Waals surface area contributed by atoms with E-state index < -0.39 is 0 Å². The van der Waals surface area contributed by atoms with E-state index in [-0.39, 0.29) is 24.8 Å². The van der Waals surface area contributed by atoms with Gasteiger partial charge >= 0.3 is 0 Å². The van der Waals surface area contributed by atoms with E-state index in [1.54, 1.807) is 18.3 Å². The average molecular weight is 297 g/mol. The molecule has 0 spiro atoms. The SMILES string of the molecule is O=C(Cc1ccccn1)NCc1ccc2c(c1)NC(=O)CO2. The zero-order valence-electron chi connectivity index (χ0n) is 11.8. The summed E-state index contributed by atoms with van der Waals surface area (Å²) in [6.07, 6.45) is 1.90. The summed E-state index contributed by atoms with van der Waals surface area (Å²) < 4.78 is 5.29. The van der Waals surface area contributed by atoms with E-state index in [9.17, 15) is 9.59 Å². The predicted molar refractivity (Wildman–Crippen MR) is 80.4 cm³/mol. The number of amides is 2. The van der Waals surface area contributed by atoms with Crippen LogP contribution in [0.4, 0.5) is 5.69 Å². The third-order valence-corrected chi connectivity index (χ3v) is 3.23. The average Bonchev–Trinajstić information content (AvgIpc) is 2.53. The number of benzene rings is 1. The Balaban J connectivity index is 1.58. The molecule has 0 saturated carbocycles. The molecule has 0 fully saturated rings. The van der Waals surface area contributed by atoms with Gasteiger partial charge in [0, 0.05) is 18.4 Å². The van der Waals surface area contributed by atoms with Crippen molar-refractivity contribution in [1.82, 2.24) is 10.3 Å². The third-order valence-electron chi connectivity index (χ3n) is 3.23. The van der Waals surface area contributed by atoms with Crippen LogP contribution in [-0.2, 0) is 22.6 Å². The highest BCUT2D eigenvalue weighted by Gasteiger charge is 2.16. The zero-order valence-corrected chi connectivity index (χ0v) is 11.8. The molecule has 0 atom stereocenters. The summed E-state index contributed by atoms with van der Waals surface area (Å²) in [5.74, 6) is 0.365.